The Kier molecular flexibility index (Phi) is 2.62. The third-order valence-corrected chi connectivity index (χ3v) is 3.50. The summed E-state index contributed by atoms with van der Waals surface area (Å²) in [5, 5.41) is 0. The van der Waals surface area contributed by atoms with E-state index in [1.54, 1.807) is 0 Å². The SMILES string of the molecule is CC1(C)OOC1(C)CO[Si](C)(C)C. The molecule has 78 valence electrons. The molecule has 1 heterocycles. The van der Waals surface area contributed by atoms with Gasteiger partial charge in [-0.25, -0.2) is 9.78 Å². The van der Waals surface area contributed by atoms with Crippen LogP contribution in [-0.4, -0.2) is 26.1 Å². The van der Waals surface area contributed by atoms with E-state index in [-0.39, 0.29) is 11.2 Å². The van der Waals surface area contributed by atoms with Crippen molar-refractivity contribution in [3.8, 4) is 0 Å². The molecule has 1 atom stereocenters. The summed E-state index contributed by atoms with van der Waals surface area (Å²) in [4.78, 5) is 10.2. The van der Waals surface area contributed by atoms with Gasteiger partial charge in [-0.1, -0.05) is 0 Å². The van der Waals surface area contributed by atoms with Crippen LogP contribution in [0.4, 0.5) is 0 Å². The Labute approximate surface area is 81.4 Å². The van der Waals surface area contributed by atoms with Gasteiger partial charge in [0.1, 0.15) is 5.60 Å². The lowest BCUT2D eigenvalue weighted by atomic mass is 9.87. The normalized spacial score (nSPS) is 32.8. The molecule has 0 N–H and O–H groups in total. The van der Waals surface area contributed by atoms with Crippen LogP contribution in [0.1, 0.15) is 20.8 Å². The van der Waals surface area contributed by atoms with Crippen molar-refractivity contribution in [2.45, 2.75) is 51.6 Å². The number of hydrogen-bond donors (Lipinski definition) is 0. The van der Waals surface area contributed by atoms with Crippen LogP contribution in [0.5, 0.6) is 0 Å². The summed E-state index contributed by atoms with van der Waals surface area (Å²) in [6.07, 6.45) is 0. The van der Waals surface area contributed by atoms with Gasteiger partial charge in [-0.05, 0) is 40.4 Å². The molecule has 4 heteroatoms. The molecule has 1 aliphatic rings. The van der Waals surface area contributed by atoms with Crippen LogP contribution in [0, 0.1) is 0 Å². The lowest BCUT2D eigenvalue weighted by molar-refractivity contribution is -0.543. The average Bonchev–Trinajstić information content (AvgIpc) is 1.97. The summed E-state index contributed by atoms with van der Waals surface area (Å²) in [6.45, 7) is 13.2. The summed E-state index contributed by atoms with van der Waals surface area (Å²) in [7, 11) is -1.45. The minimum atomic E-state index is -1.45. The summed E-state index contributed by atoms with van der Waals surface area (Å²) >= 11 is 0. The second-order valence-electron chi connectivity index (χ2n) is 5.31. The molecule has 13 heavy (non-hydrogen) atoms. The molecule has 0 bridgehead atoms. The predicted molar refractivity (Wildman–Crippen MR) is 54.0 cm³/mol. The van der Waals surface area contributed by atoms with E-state index >= 15 is 0 Å². The van der Waals surface area contributed by atoms with Crippen molar-refractivity contribution in [2.24, 2.45) is 0 Å². The quantitative estimate of drug-likeness (QED) is 0.521. The molecule has 1 aliphatic heterocycles. The van der Waals surface area contributed by atoms with Crippen molar-refractivity contribution in [2.75, 3.05) is 6.61 Å². The minimum absolute atomic E-state index is 0.230. The van der Waals surface area contributed by atoms with Gasteiger partial charge in [0.15, 0.2) is 13.9 Å². The molecular weight excluding hydrogens is 184 g/mol. The van der Waals surface area contributed by atoms with Gasteiger partial charge in [0, 0.05) is 0 Å². The third kappa shape index (κ3) is 2.31. The Bertz CT molecular complexity index is 198. The van der Waals surface area contributed by atoms with Gasteiger partial charge in [0.25, 0.3) is 0 Å². The van der Waals surface area contributed by atoms with Crippen LogP contribution >= 0.6 is 0 Å². The molecule has 0 radical (unpaired) electrons. The maximum atomic E-state index is 5.81. The highest BCUT2D eigenvalue weighted by atomic mass is 28.4. The Morgan fingerprint density at radius 3 is 1.85 bits per heavy atom. The second-order valence-corrected chi connectivity index (χ2v) is 9.82. The molecule has 0 spiro atoms. The smallest absolute Gasteiger partial charge is 0.183 e. The lowest BCUT2D eigenvalue weighted by Crippen LogP contribution is -2.64. The molecule has 1 fully saturated rings. The molecule has 0 aromatic heterocycles. The summed E-state index contributed by atoms with van der Waals surface area (Å²) < 4.78 is 5.81. The van der Waals surface area contributed by atoms with Crippen molar-refractivity contribution in [1.82, 2.24) is 0 Å². The predicted octanol–water partition coefficient (Wildman–Crippen LogP) is 2.34. The first-order valence-electron chi connectivity index (χ1n) is 4.67. The molecule has 3 nitrogen and oxygen atoms in total. The lowest BCUT2D eigenvalue weighted by Gasteiger charge is -2.51. The zero-order valence-electron chi connectivity index (χ0n) is 9.43. The van der Waals surface area contributed by atoms with E-state index in [0.717, 1.165) is 0 Å². The first-order chi connectivity index (χ1) is 5.66. The van der Waals surface area contributed by atoms with E-state index in [1.165, 1.54) is 0 Å². The van der Waals surface area contributed by atoms with E-state index in [2.05, 4.69) is 19.6 Å². The number of hydrogen-bond acceptors (Lipinski definition) is 3. The summed E-state index contributed by atoms with van der Waals surface area (Å²) in [6, 6.07) is 0. The van der Waals surface area contributed by atoms with Gasteiger partial charge < -0.3 is 4.43 Å². The van der Waals surface area contributed by atoms with E-state index < -0.39 is 8.32 Å². The minimum Gasteiger partial charge on any atom is -0.414 e. The van der Waals surface area contributed by atoms with Gasteiger partial charge in [-0.2, -0.15) is 0 Å². The Balaban J connectivity index is 2.46. The van der Waals surface area contributed by atoms with E-state index in [1.807, 2.05) is 20.8 Å². The maximum absolute atomic E-state index is 5.81. The maximum Gasteiger partial charge on any atom is 0.183 e. The molecule has 1 saturated heterocycles. The van der Waals surface area contributed by atoms with E-state index in [4.69, 9.17) is 14.2 Å². The molecule has 1 rings (SSSR count). The highest BCUT2D eigenvalue weighted by molar-refractivity contribution is 6.69. The number of rotatable bonds is 3. The molecule has 0 saturated carbocycles. The van der Waals surface area contributed by atoms with Crippen LogP contribution in [-0.2, 0) is 14.2 Å². The molecule has 0 aliphatic carbocycles. The monoisotopic (exact) mass is 204 g/mol. The van der Waals surface area contributed by atoms with Gasteiger partial charge >= 0.3 is 0 Å². The largest absolute Gasteiger partial charge is 0.414 e. The molecule has 0 amide bonds. The van der Waals surface area contributed by atoms with Crippen LogP contribution in [0.15, 0.2) is 0 Å². The van der Waals surface area contributed by atoms with Crippen LogP contribution in [0.2, 0.25) is 19.6 Å². The van der Waals surface area contributed by atoms with E-state index in [9.17, 15) is 0 Å². The Hall–Kier alpha value is 0.0969. The Morgan fingerprint density at radius 1 is 1.08 bits per heavy atom. The van der Waals surface area contributed by atoms with Crippen molar-refractivity contribution in [3.05, 3.63) is 0 Å². The van der Waals surface area contributed by atoms with Crippen LogP contribution in [0.3, 0.4) is 0 Å². The van der Waals surface area contributed by atoms with Crippen molar-refractivity contribution in [3.63, 3.8) is 0 Å². The zero-order valence-corrected chi connectivity index (χ0v) is 10.4. The first kappa shape index (κ1) is 11.2. The highest BCUT2D eigenvalue weighted by Gasteiger charge is 2.55. The van der Waals surface area contributed by atoms with Crippen molar-refractivity contribution < 1.29 is 14.2 Å². The summed E-state index contributed by atoms with van der Waals surface area (Å²) in [5.74, 6) is 0. The molecule has 1 unspecified atom stereocenters. The van der Waals surface area contributed by atoms with Crippen LogP contribution in [0.25, 0.3) is 0 Å². The standard InChI is InChI=1S/C9H20O3Si/c1-8(2)9(3,12-11-8)7-10-13(4,5)6/h7H2,1-6H3. The second kappa shape index (κ2) is 3.05. The van der Waals surface area contributed by atoms with Crippen molar-refractivity contribution >= 4 is 8.32 Å². The van der Waals surface area contributed by atoms with Gasteiger partial charge in [-0.15, -0.1) is 0 Å². The van der Waals surface area contributed by atoms with E-state index in [0.29, 0.717) is 6.61 Å². The fourth-order valence-corrected chi connectivity index (χ4v) is 1.61. The average molecular weight is 204 g/mol. The fourth-order valence-electron chi connectivity index (χ4n) is 0.903. The zero-order chi connectivity index (χ0) is 10.3. The molecular formula is C9H20O3Si. The fraction of sp³-hybridized carbons (Fsp3) is 1.00. The van der Waals surface area contributed by atoms with Gasteiger partial charge in [0.05, 0.1) is 6.61 Å². The summed E-state index contributed by atoms with van der Waals surface area (Å²) in [5.41, 5.74) is -0.514. The first-order valence-corrected chi connectivity index (χ1v) is 8.08. The molecule has 0 aromatic carbocycles. The highest BCUT2D eigenvalue weighted by Crippen LogP contribution is 2.40. The van der Waals surface area contributed by atoms with Crippen molar-refractivity contribution in [1.29, 1.82) is 0 Å². The Morgan fingerprint density at radius 2 is 1.62 bits per heavy atom. The van der Waals surface area contributed by atoms with Gasteiger partial charge in [0.2, 0.25) is 0 Å². The van der Waals surface area contributed by atoms with Gasteiger partial charge in [-0.3, -0.25) is 0 Å². The third-order valence-electron chi connectivity index (χ3n) is 2.49. The van der Waals surface area contributed by atoms with Crippen LogP contribution < -0.4 is 0 Å². The molecule has 0 aromatic rings. The topological polar surface area (TPSA) is 27.7 Å².